The zero-order valence-corrected chi connectivity index (χ0v) is 9.71. The number of carbonyl (C=O) groups is 1. The zero-order chi connectivity index (χ0) is 11.3. The highest BCUT2D eigenvalue weighted by atomic mass is 16.1. The third-order valence-electron chi connectivity index (χ3n) is 2.65. The molecule has 2 heteroatoms. The minimum absolute atomic E-state index is 0.107. The molecule has 1 atom stereocenters. The minimum atomic E-state index is 0.107. The Kier molecular flexibility index (Phi) is 4.35. The van der Waals surface area contributed by atoms with Gasteiger partial charge in [-0.1, -0.05) is 43.7 Å². The first-order valence-electron chi connectivity index (χ1n) is 5.46. The minimum Gasteiger partial charge on any atom is -0.352 e. The van der Waals surface area contributed by atoms with Crippen molar-refractivity contribution >= 4 is 5.91 Å². The maximum atomic E-state index is 11.5. The molecule has 1 amide bonds. The monoisotopic (exact) mass is 205 g/mol. The van der Waals surface area contributed by atoms with E-state index in [1.165, 1.54) is 5.56 Å². The van der Waals surface area contributed by atoms with Crippen LogP contribution >= 0.6 is 0 Å². The molecule has 0 radical (unpaired) electrons. The lowest BCUT2D eigenvalue weighted by Gasteiger charge is -2.09. The Labute approximate surface area is 91.7 Å². The molecule has 0 saturated carbocycles. The molecule has 0 aliphatic heterocycles. The topological polar surface area (TPSA) is 29.1 Å². The van der Waals surface area contributed by atoms with Crippen molar-refractivity contribution in [3.8, 4) is 0 Å². The number of rotatable bonds is 4. The first-order chi connectivity index (χ1) is 7.13. The molecule has 1 aromatic rings. The van der Waals surface area contributed by atoms with Gasteiger partial charge in [0.25, 0.3) is 0 Å². The summed E-state index contributed by atoms with van der Waals surface area (Å²) in [7, 11) is 0. The van der Waals surface area contributed by atoms with Crippen LogP contribution in [0.1, 0.15) is 31.4 Å². The number of aryl methyl sites for hydroxylation is 1. The summed E-state index contributed by atoms with van der Waals surface area (Å²) in [5.41, 5.74) is 2.39. The summed E-state index contributed by atoms with van der Waals surface area (Å²) >= 11 is 0. The van der Waals surface area contributed by atoms with Crippen molar-refractivity contribution < 1.29 is 4.79 Å². The van der Waals surface area contributed by atoms with Gasteiger partial charge in [-0.15, -0.1) is 0 Å². The van der Waals surface area contributed by atoms with Gasteiger partial charge in [0.05, 0.1) is 0 Å². The van der Waals surface area contributed by atoms with Gasteiger partial charge in [0, 0.05) is 12.5 Å². The van der Waals surface area contributed by atoms with Crippen LogP contribution in [0.3, 0.4) is 0 Å². The number of amides is 1. The van der Waals surface area contributed by atoms with Gasteiger partial charge in [-0.3, -0.25) is 4.79 Å². The maximum Gasteiger partial charge on any atom is 0.223 e. The highest BCUT2D eigenvalue weighted by Crippen LogP contribution is 2.04. The molecule has 1 aromatic carbocycles. The Morgan fingerprint density at radius 2 is 1.93 bits per heavy atom. The number of nitrogens with one attached hydrogen (secondary N) is 1. The first-order valence-corrected chi connectivity index (χ1v) is 5.46. The lowest BCUT2D eigenvalue weighted by Crippen LogP contribution is -2.28. The van der Waals surface area contributed by atoms with Gasteiger partial charge in [0.1, 0.15) is 0 Å². The van der Waals surface area contributed by atoms with Gasteiger partial charge in [0.2, 0.25) is 5.91 Å². The van der Waals surface area contributed by atoms with Gasteiger partial charge in [-0.25, -0.2) is 0 Å². The van der Waals surface area contributed by atoms with E-state index in [9.17, 15) is 4.79 Å². The summed E-state index contributed by atoms with van der Waals surface area (Å²) < 4.78 is 0. The van der Waals surface area contributed by atoms with E-state index in [2.05, 4.69) is 24.4 Å². The summed E-state index contributed by atoms with van der Waals surface area (Å²) in [5.74, 6) is 0.244. The Morgan fingerprint density at radius 3 is 2.47 bits per heavy atom. The third-order valence-corrected chi connectivity index (χ3v) is 2.65. The molecule has 0 spiro atoms. The normalized spacial score (nSPS) is 12.2. The van der Waals surface area contributed by atoms with Crippen LogP contribution in [0.5, 0.6) is 0 Å². The fourth-order valence-corrected chi connectivity index (χ4v) is 1.25. The Hall–Kier alpha value is -1.31. The summed E-state index contributed by atoms with van der Waals surface area (Å²) in [5, 5.41) is 2.93. The van der Waals surface area contributed by atoms with Crippen molar-refractivity contribution in [1.82, 2.24) is 5.32 Å². The Balaban J connectivity index is 2.43. The van der Waals surface area contributed by atoms with Gasteiger partial charge in [-0.2, -0.15) is 0 Å². The SMILES string of the molecule is CCC(C)C(=O)NCc1ccc(C)cc1. The lowest BCUT2D eigenvalue weighted by atomic mass is 10.1. The Bertz CT molecular complexity index is 316. The Morgan fingerprint density at radius 1 is 1.33 bits per heavy atom. The number of hydrogen-bond donors (Lipinski definition) is 1. The van der Waals surface area contributed by atoms with E-state index in [4.69, 9.17) is 0 Å². The smallest absolute Gasteiger partial charge is 0.223 e. The van der Waals surface area contributed by atoms with E-state index in [-0.39, 0.29) is 11.8 Å². The molecular weight excluding hydrogens is 186 g/mol. The second-order valence-electron chi connectivity index (χ2n) is 4.01. The molecule has 0 aliphatic carbocycles. The largest absolute Gasteiger partial charge is 0.352 e. The molecule has 0 heterocycles. The van der Waals surface area contributed by atoms with Crippen molar-refractivity contribution in [1.29, 1.82) is 0 Å². The second kappa shape index (κ2) is 5.54. The average Bonchev–Trinajstić information content (AvgIpc) is 2.26. The fourth-order valence-electron chi connectivity index (χ4n) is 1.25. The van der Waals surface area contributed by atoms with Crippen LogP contribution in [-0.4, -0.2) is 5.91 Å². The molecule has 0 aliphatic rings. The number of carbonyl (C=O) groups excluding carboxylic acids is 1. The summed E-state index contributed by atoms with van der Waals surface area (Å²) in [6.07, 6.45) is 0.889. The van der Waals surface area contributed by atoms with Crippen molar-refractivity contribution in [2.45, 2.75) is 33.7 Å². The summed E-state index contributed by atoms with van der Waals surface area (Å²) in [6.45, 7) is 6.66. The molecule has 1 rings (SSSR count). The fraction of sp³-hybridized carbons (Fsp3) is 0.462. The molecule has 0 saturated heterocycles. The van der Waals surface area contributed by atoms with Crippen LogP contribution in [0, 0.1) is 12.8 Å². The van der Waals surface area contributed by atoms with E-state index < -0.39 is 0 Å². The van der Waals surface area contributed by atoms with E-state index in [1.54, 1.807) is 0 Å². The van der Waals surface area contributed by atoms with E-state index in [0.717, 1.165) is 12.0 Å². The quantitative estimate of drug-likeness (QED) is 0.804. The van der Waals surface area contributed by atoms with Crippen LogP contribution in [-0.2, 0) is 11.3 Å². The standard InChI is InChI=1S/C13H19NO/c1-4-11(3)13(15)14-9-12-7-5-10(2)6-8-12/h5-8,11H,4,9H2,1-3H3,(H,14,15). The van der Waals surface area contributed by atoms with Crippen LogP contribution in [0.15, 0.2) is 24.3 Å². The van der Waals surface area contributed by atoms with Crippen molar-refractivity contribution in [2.75, 3.05) is 0 Å². The van der Waals surface area contributed by atoms with E-state index in [0.29, 0.717) is 6.54 Å². The highest BCUT2D eigenvalue weighted by Gasteiger charge is 2.08. The van der Waals surface area contributed by atoms with Gasteiger partial charge in [0.15, 0.2) is 0 Å². The molecule has 1 unspecified atom stereocenters. The molecule has 1 N–H and O–H groups in total. The highest BCUT2D eigenvalue weighted by molar-refractivity contribution is 5.78. The van der Waals surface area contributed by atoms with Crippen LogP contribution in [0.25, 0.3) is 0 Å². The number of hydrogen-bond acceptors (Lipinski definition) is 1. The van der Waals surface area contributed by atoms with E-state index >= 15 is 0 Å². The van der Waals surface area contributed by atoms with Crippen molar-refractivity contribution in [3.63, 3.8) is 0 Å². The second-order valence-corrected chi connectivity index (χ2v) is 4.01. The van der Waals surface area contributed by atoms with Crippen molar-refractivity contribution in [3.05, 3.63) is 35.4 Å². The van der Waals surface area contributed by atoms with Crippen LogP contribution in [0.2, 0.25) is 0 Å². The lowest BCUT2D eigenvalue weighted by molar-refractivity contribution is -0.124. The molecule has 2 nitrogen and oxygen atoms in total. The number of benzene rings is 1. The van der Waals surface area contributed by atoms with Gasteiger partial charge >= 0.3 is 0 Å². The third kappa shape index (κ3) is 3.74. The molecular formula is C13H19NO. The summed E-state index contributed by atoms with van der Waals surface area (Å²) in [4.78, 5) is 11.5. The predicted molar refractivity (Wildman–Crippen MR) is 62.5 cm³/mol. The molecule has 15 heavy (non-hydrogen) atoms. The van der Waals surface area contributed by atoms with Gasteiger partial charge in [-0.05, 0) is 18.9 Å². The van der Waals surface area contributed by atoms with E-state index in [1.807, 2.05) is 26.0 Å². The van der Waals surface area contributed by atoms with Crippen molar-refractivity contribution in [2.24, 2.45) is 5.92 Å². The molecule has 82 valence electrons. The van der Waals surface area contributed by atoms with Crippen LogP contribution < -0.4 is 5.32 Å². The van der Waals surface area contributed by atoms with Gasteiger partial charge < -0.3 is 5.32 Å². The molecule has 0 bridgehead atoms. The first kappa shape index (κ1) is 11.8. The van der Waals surface area contributed by atoms with Crippen LogP contribution in [0.4, 0.5) is 0 Å². The summed E-state index contributed by atoms with van der Waals surface area (Å²) in [6, 6.07) is 8.22. The predicted octanol–water partition coefficient (Wildman–Crippen LogP) is 2.66. The average molecular weight is 205 g/mol. The maximum absolute atomic E-state index is 11.5. The zero-order valence-electron chi connectivity index (χ0n) is 9.71. The molecule has 0 fully saturated rings. The molecule has 0 aromatic heterocycles.